The van der Waals surface area contributed by atoms with Crippen molar-refractivity contribution in [3.63, 3.8) is 0 Å². The Morgan fingerprint density at radius 1 is 1.19 bits per heavy atom. The number of anilines is 1. The molecule has 0 radical (unpaired) electrons. The lowest BCUT2D eigenvalue weighted by atomic mass is 10.2. The predicted octanol–water partition coefficient (Wildman–Crippen LogP) is 3.37. The number of benzene rings is 1. The molecule has 2 heterocycles. The minimum Gasteiger partial charge on any atom is -0.495 e. The molecule has 140 valence electrons. The molecule has 0 spiro atoms. The molecule has 0 bridgehead atoms. The zero-order valence-corrected chi connectivity index (χ0v) is 15.5. The molecule has 27 heavy (non-hydrogen) atoms. The van der Waals surface area contributed by atoms with E-state index in [0.717, 1.165) is 5.56 Å². The number of ether oxygens (including phenoxy) is 2. The Labute approximate surface area is 160 Å². The van der Waals surface area contributed by atoms with Crippen molar-refractivity contribution in [1.29, 1.82) is 0 Å². The summed E-state index contributed by atoms with van der Waals surface area (Å²) in [5.41, 5.74) is 1.25. The monoisotopic (exact) mass is 388 g/mol. The van der Waals surface area contributed by atoms with Gasteiger partial charge in [-0.1, -0.05) is 16.8 Å². The van der Waals surface area contributed by atoms with Crippen LogP contribution < -0.4 is 14.8 Å². The summed E-state index contributed by atoms with van der Waals surface area (Å²) in [7, 11) is 3.00. The highest BCUT2D eigenvalue weighted by atomic mass is 35.5. The number of methoxy groups -OCH3 is 2. The minimum absolute atomic E-state index is 0.158. The summed E-state index contributed by atoms with van der Waals surface area (Å²) in [5.74, 6) is 1.50. The van der Waals surface area contributed by atoms with Crippen LogP contribution in [0.2, 0.25) is 5.02 Å². The largest absolute Gasteiger partial charge is 0.495 e. The quantitative estimate of drug-likeness (QED) is 0.662. The van der Waals surface area contributed by atoms with Crippen molar-refractivity contribution in [2.24, 2.45) is 0 Å². The number of hydrogen-bond donors (Lipinski definition) is 1. The third kappa shape index (κ3) is 4.53. The molecule has 0 aliphatic heterocycles. The van der Waals surface area contributed by atoms with Crippen LogP contribution in [-0.2, 0) is 11.2 Å². The van der Waals surface area contributed by atoms with E-state index < -0.39 is 0 Å². The van der Waals surface area contributed by atoms with Crippen LogP contribution in [0.15, 0.2) is 41.2 Å². The highest BCUT2D eigenvalue weighted by Gasteiger charge is 2.14. The van der Waals surface area contributed by atoms with Crippen LogP contribution in [0.3, 0.4) is 0 Å². The average Bonchev–Trinajstić information content (AvgIpc) is 3.16. The molecule has 0 aliphatic rings. The van der Waals surface area contributed by atoms with E-state index in [4.69, 9.17) is 25.6 Å². The van der Waals surface area contributed by atoms with Gasteiger partial charge in [0.2, 0.25) is 17.6 Å². The van der Waals surface area contributed by atoms with Crippen molar-refractivity contribution in [1.82, 2.24) is 15.1 Å². The molecular weight excluding hydrogens is 372 g/mol. The smallest absolute Gasteiger partial charge is 0.227 e. The van der Waals surface area contributed by atoms with Crippen LogP contribution in [0.25, 0.3) is 11.4 Å². The molecule has 3 aromatic rings. The van der Waals surface area contributed by atoms with Gasteiger partial charge >= 0.3 is 0 Å². The van der Waals surface area contributed by atoms with Crippen molar-refractivity contribution < 1.29 is 18.8 Å². The molecule has 2 aromatic heterocycles. The summed E-state index contributed by atoms with van der Waals surface area (Å²) in [6, 6.07) is 6.74. The van der Waals surface area contributed by atoms with Crippen LogP contribution in [0, 0.1) is 0 Å². The molecule has 1 N–H and O–H groups in total. The third-order valence-electron chi connectivity index (χ3n) is 3.72. The maximum Gasteiger partial charge on any atom is 0.227 e. The molecule has 1 aromatic carbocycles. The van der Waals surface area contributed by atoms with Crippen LogP contribution in [-0.4, -0.2) is 35.3 Å². The van der Waals surface area contributed by atoms with Crippen LogP contribution in [0.5, 0.6) is 11.5 Å². The number of hydrogen-bond acceptors (Lipinski definition) is 7. The summed E-state index contributed by atoms with van der Waals surface area (Å²) in [5, 5.41) is 7.04. The number of rotatable bonds is 7. The first-order valence-corrected chi connectivity index (χ1v) is 8.43. The Morgan fingerprint density at radius 3 is 2.63 bits per heavy atom. The van der Waals surface area contributed by atoms with Gasteiger partial charge in [-0.25, -0.2) is 0 Å². The fourth-order valence-electron chi connectivity index (χ4n) is 2.37. The Hall–Kier alpha value is -3.13. The van der Waals surface area contributed by atoms with Crippen LogP contribution in [0.1, 0.15) is 12.3 Å². The number of nitrogens with one attached hydrogen (secondary N) is 1. The van der Waals surface area contributed by atoms with Crippen molar-refractivity contribution in [3.8, 4) is 22.9 Å². The fourth-order valence-corrected chi connectivity index (χ4v) is 2.61. The second-order valence-electron chi connectivity index (χ2n) is 5.48. The van der Waals surface area contributed by atoms with Gasteiger partial charge in [0.15, 0.2) is 0 Å². The fraction of sp³-hybridized carbons (Fsp3) is 0.222. The Balaban J connectivity index is 1.62. The van der Waals surface area contributed by atoms with Gasteiger partial charge in [-0.3, -0.25) is 9.78 Å². The van der Waals surface area contributed by atoms with Gasteiger partial charge in [0.25, 0.3) is 0 Å². The number of carbonyl (C=O) groups is 1. The number of amides is 1. The molecular formula is C18H17ClN4O4. The second-order valence-corrected chi connectivity index (χ2v) is 5.89. The topological polar surface area (TPSA) is 99.4 Å². The van der Waals surface area contributed by atoms with Gasteiger partial charge in [0.1, 0.15) is 11.5 Å². The molecule has 0 fully saturated rings. The zero-order chi connectivity index (χ0) is 19.2. The van der Waals surface area contributed by atoms with E-state index in [2.05, 4.69) is 20.4 Å². The maximum atomic E-state index is 12.3. The lowest BCUT2D eigenvalue weighted by Gasteiger charge is -2.12. The molecule has 8 nitrogen and oxygen atoms in total. The van der Waals surface area contributed by atoms with E-state index >= 15 is 0 Å². The second kappa shape index (κ2) is 8.50. The van der Waals surface area contributed by atoms with Gasteiger partial charge in [0.05, 0.1) is 24.9 Å². The number of halogens is 1. The first kappa shape index (κ1) is 18.7. The van der Waals surface area contributed by atoms with Crippen molar-refractivity contribution >= 4 is 23.2 Å². The number of aromatic nitrogens is 3. The number of aryl methyl sites for hydroxylation is 1. The van der Waals surface area contributed by atoms with Crippen molar-refractivity contribution in [2.45, 2.75) is 12.8 Å². The average molecular weight is 389 g/mol. The summed E-state index contributed by atoms with van der Waals surface area (Å²) in [4.78, 5) is 20.5. The van der Waals surface area contributed by atoms with E-state index in [1.165, 1.54) is 14.2 Å². The van der Waals surface area contributed by atoms with E-state index in [1.807, 2.05) is 0 Å². The van der Waals surface area contributed by atoms with Gasteiger partial charge in [-0.05, 0) is 18.2 Å². The van der Waals surface area contributed by atoms with Gasteiger partial charge in [-0.2, -0.15) is 4.98 Å². The molecule has 9 heteroatoms. The first-order valence-electron chi connectivity index (χ1n) is 8.05. The third-order valence-corrected chi connectivity index (χ3v) is 4.02. The Kier molecular flexibility index (Phi) is 5.87. The normalized spacial score (nSPS) is 10.5. The van der Waals surface area contributed by atoms with Crippen LogP contribution >= 0.6 is 11.6 Å². The lowest BCUT2D eigenvalue weighted by molar-refractivity contribution is -0.116. The highest BCUT2D eigenvalue weighted by molar-refractivity contribution is 6.32. The summed E-state index contributed by atoms with van der Waals surface area (Å²) < 4.78 is 15.6. The number of carbonyl (C=O) groups excluding carboxylic acids is 1. The molecule has 0 aliphatic carbocycles. The molecule has 0 atom stereocenters. The highest BCUT2D eigenvalue weighted by Crippen LogP contribution is 2.35. The van der Waals surface area contributed by atoms with E-state index in [1.54, 1.807) is 36.7 Å². The summed E-state index contributed by atoms with van der Waals surface area (Å²) >= 11 is 6.11. The first-order chi connectivity index (χ1) is 13.1. The Morgan fingerprint density at radius 2 is 1.93 bits per heavy atom. The SMILES string of the molecule is COc1cc(OC)c(NC(=O)CCc2nc(-c3ccncc3)no2)cc1Cl. The van der Waals surface area contributed by atoms with Gasteiger partial charge in [-0.15, -0.1) is 0 Å². The summed E-state index contributed by atoms with van der Waals surface area (Å²) in [6.07, 6.45) is 3.75. The standard InChI is InChI=1S/C18H17ClN4O4/c1-25-14-10-15(26-2)13(9-12(14)19)21-16(24)3-4-17-22-18(23-27-17)11-5-7-20-8-6-11/h5-10H,3-4H2,1-2H3,(H,21,24). The molecule has 0 unspecified atom stereocenters. The molecule has 0 saturated heterocycles. The van der Waals surface area contributed by atoms with Crippen molar-refractivity contribution in [3.05, 3.63) is 47.6 Å². The molecule has 0 saturated carbocycles. The van der Waals surface area contributed by atoms with Crippen LogP contribution in [0.4, 0.5) is 5.69 Å². The van der Waals surface area contributed by atoms with E-state index in [0.29, 0.717) is 40.3 Å². The number of nitrogens with zero attached hydrogens (tertiary/aromatic N) is 3. The zero-order valence-electron chi connectivity index (χ0n) is 14.7. The minimum atomic E-state index is -0.238. The summed E-state index contributed by atoms with van der Waals surface area (Å²) in [6.45, 7) is 0. The van der Waals surface area contributed by atoms with E-state index in [9.17, 15) is 4.79 Å². The van der Waals surface area contributed by atoms with Gasteiger partial charge in [0, 0.05) is 36.9 Å². The van der Waals surface area contributed by atoms with Gasteiger partial charge < -0.3 is 19.3 Å². The molecule has 3 rings (SSSR count). The van der Waals surface area contributed by atoms with Crippen molar-refractivity contribution in [2.75, 3.05) is 19.5 Å². The predicted molar refractivity (Wildman–Crippen MR) is 99.0 cm³/mol. The Bertz CT molecular complexity index is 930. The van der Waals surface area contributed by atoms with E-state index in [-0.39, 0.29) is 12.3 Å². The molecule has 1 amide bonds. The number of pyridine rings is 1. The lowest BCUT2D eigenvalue weighted by Crippen LogP contribution is -2.13. The maximum absolute atomic E-state index is 12.3.